The SMILES string of the molecule is c1cc(N2CCCCC2)c2[nH]c(-c3n[nH]c4ccc(C5CCNCC5)cc34)nc2n1. The summed E-state index contributed by atoms with van der Waals surface area (Å²) in [7, 11) is 0. The number of piperidine rings is 2. The summed E-state index contributed by atoms with van der Waals surface area (Å²) in [6.45, 7) is 4.38. The molecule has 0 aliphatic carbocycles. The summed E-state index contributed by atoms with van der Waals surface area (Å²) in [6.07, 6.45) is 8.05. The monoisotopic (exact) mass is 401 g/mol. The van der Waals surface area contributed by atoms with Crippen LogP contribution in [-0.2, 0) is 0 Å². The van der Waals surface area contributed by atoms with Crippen molar-refractivity contribution in [1.29, 1.82) is 0 Å². The van der Waals surface area contributed by atoms with Crippen LogP contribution in [0.1, 0.15) is 43.6 Å². The molecule has 0 radical (unpaired) electrons. The third-order valence-electron chi connectivity index (χ3n) is 6.69. The summed E-state index contributed by atoms with van der Waals surface area (Å²) in [4.78, 5) is 15.3. The zero-order valence-electron chi connectivity index (χ0n) is 17.1. The molecule has 7 nitrogen and oxygen atoms in total. The van der Waals surface area contributed by atoms with Crippen molar-refractivity contribution in [2.24, 2.45) is 0 Å². The van der Waals surface area contributed by atoms with Crippen LogP contribution in [0.2, 0.25) is 0 Å². The zero-order chi connectivity index (χ0) is 19.9. The van der Waals surface area contributed by atoms with Gasteiger partial charge in [-0.15, -0.1) is 0 Å². The van der Waals surface area contributed by atoms with Crippen molar-refractivity contribution in [1.82, 2.24) is 30.5 Å². The van der Waals surface area contributed by atoms with E-state index < -0.39 is 0 Å². The Morgan fingerprint density at radius 1 is 1.00 bits per heavy atom. The molecule has 2 saturated heterocycles. The second-order valence-corrected chi connectivity index (χ2v) is 8.56. The lowest BCUT2D eigenvalue weighted by atomic mass is 9.89. The number of nitrogens with zero attached hydrogens (tertiary/aromatic N) is 4. The molecule has 7 heteroatoms. The molecule has 30 heavy (non-hydrogen) atoms. The van der Waals surface area contributed by atoms with Gasteiger partial charge in [0, 0.05) is 24.7 Å². The Bertz CT molecular complexity index is 1180. The lowest BCUT2D eigenvalue weighted by molar-refractivity contribution is 0.460. The Kier molecular flexibility index (Phi) is 4.41. The molecule has 4 aromatic rings. The average Bonchev–Trinajstić information content (AvgIpc) is 3.43. The molecule has 2 fully saturated rings. The average molecular weight is 402 g/mol. The molecule has 2 aliphatic heterocycles. The van der Waals surface area contributed by atoms with Crippen molar-refractivity contribution < 1.29 is 0 Å². The summed E-state index contributed by atoms with van der Waals surface area (Å²) < 4.78 is 0. The van der Waals surface area contributed by atoms with Crippen molar-refractivity contribution in [3.8, 4) is 11.5 Å². The summed E-state index contributed by atoms with van der Waals surface area (Å²) in [5.74, 6) is 1.40. The maximum absolute atomic E-state index is 4.82. The van der Waals surface area contributed by atoms with Gasteiger partial charge in [-0.05, 0) is 74.9 Å². The van der Waals surface area contributed by atoms with Crippen molar-refractivity contribution in [2.45, 2.75) is 38.0 Å². The Labute approximate surface area is 175 Å². The van der Waals surface area contributed by atoms with E-state index in [4.69, 9.17) is 4.98 Å². The summed E-state index contributed by atoms with van der Waals surface area (Å²) >= 11 is 0. The molecule has 0 saturated carbocycles. The highest BCUT2D eigenvalue weighted by molar-refractivity contribution is 5.95. The van der Waals surface area contributed by atoms with E-state index in [1.807, 2.05) is 6.20 Å². The number of hydrogen-bond acceptors (Lipinski definition) is 5. The summed E-state index contributed by atoms with van der Waals surface area (Å²) in [6, 6.07) is 8.81. The minimum Gasteiger partial charge on any atom is -0.370 e. The standard InChI is InChI=1S/C23H27N7/c1-2-12-30(13-3-1)19-8-11-25-22-21(19)26-23(27-22)20-17-14-16(4-5-18(17)28-29-20)15-6-9-24-10-7-15/h4-5,8,11,14-15,24H,1-3,6-7,9-10,12-13H2,(H,28,29)(H,25,26,27). The summed E-state index contributed by atoms with van der Waals surface area (Å²) in [5.41, 5.74) is 6.30. The van der Waals surface area contributed by atoms with Crippen LogP contribution < -0.4 is 10.2 Å². The van der Waals surface area contributed by atoms with Crippen LogP contribution in [0.3, 0.4) is 0 Å². The molecule has 0 spiro atoms. The van der Waals surface area contributed by atoms with E-state index in [1.165, 1.54) is 43.4 Å². The Morgan fingerprint density at radius 3 is 2.73 bits per heavy atom. The van der Waals surface area contributed by atoms with Crippen molar-refractivity contribution >= 4 is 27.8 Å². The first-order valence-corrected chi connectivity index (χ1v) is 11.2. The van der Waals surface area contributed by atoms with Gasteiger partial charge in [0.1, 0.15) is 11.2 Å². The molecule has 6 rings (SSSR count). The molecule has 0 bridgehead atoms. The normalized spacial score (nSPS) is 18.5. The maximum atomic E-state index is 4.82. The molecular formula is C23H27N7. The molecule has 3 N–H and O–H groups in total. The molecule has 0 amide bonds. The van der Waals surface area contributed by atoms with Crippen molar-refractivity contribution in [3.05, 3.63) is 36.0 Å². The topological polar surface area (TPSA) is 85.5 Å². The fraction of sp³-hybridized carbons (Fsp3) is 0.435. The third kappa shape index (κ3) is 3.04. The van der Waals surface area contributed by atoms with Crippen LogP contribution in [0.25, 0.3) is 33.6 Å². The lowest BCUT2D eigenvalue weighted by Crippen LogP contribution is -2.29. The lowest BCUT2D eigenvalue weighted by Gasteiger charge is -2.28. The predicted molar refractivity (Wildman–Crippen MR) is 120 cm³/mol. The minimum atomic E-state index is 0.612. The Morgan fingerprint density at radius 2 is 1.87 bits per heavy atom. The van der Waals surface area contributed by atoms with E-state index in [9.17, 15) is 0 Å². The fourth-order valence-corrected chi connectivity index (χ4v) is 5.03. The quantitative estimate of drug-likeness (QED) is 0.484. The predicted octanol–water partition coefficient (Wildman–Crippen LogP) is 3.96. The number of anilines is 1. The van der Waals surface area contributed by atoms with Crippen LogP contribution in [0.5, 0.6) is 0 Å². The number of imidazole rings is 1. The first-order chi connectivity index (χ1) is 14.9. The van der Waals surface area contributed by atoms with E-state index in [2.05, 4.69) is 54.6 Å². The number of nitrogens with one attached hydrogen (secondary N) is 3. The van der Waals surface area contributed by atoms with Gasteiger partial charge in [0.05, 0.1) is 11.2 Å². The molecule has 2 aliphatic rings. The molecule has 5 heterocycles. The molecule has 1 aromatic carbocycles. The van der Waals surface area contributed by atoms with Crippen LogP contribution in [-0.4, -0.2) is 51.3 Å². The van der Waals surface area contributed by atoms with E-state index in [-0.39, 0.29) is 0 Å². The second-order valence-electron chi connectivity index (χ2n) is 8.56. The highest BCUT2D eigenvalue weighted by Crippen LogP contribution is 2.33. The van der Waals surface area contributed by atoms with E-state index in [1.54, 1.807) is 0 Å². The van der Waals surface area contributed by atoms with Gasteiger partial charge in [0.15, 0.2) is 11.5 Å². The van der Waals surface area contributed by atoms with Gasteiger partial charge in [-0.3, -0.25) is 5.10 Å². The van der Waals surface area contributed by atoms with E-state index >= 15 is 0 Å². The second kappa shape index (κ2) is 7.40. The van der Waals surface area contributed by atoms with Crippen molar-refractivity contribution in [3.63, 3.8) is 0 Å². The number of rotatable bonds is 3. The fourth-order valence-electron chi connectivity index (χ4n) is 5.03. The first kappa shape index (κ1) is 17.9. The van der Waals surface area contributed by atoms with Gasteiger partial charge < -0.3 is 15.2 Å². The maximum Gasteiger partial charge on any atom is 0.180 e. The number of H-pyrrole nitrogens is 2. The van der Waals surface area contributed by atoms with E-state index in [0.29, 0.717) is 5.92 Å². The molecule has 0 unspecified atom stereocenters. The Balaban J connectivity index is 1.42. The van der Waals surface area contributed by atoms with Gasteiger partial charge in [-0.1, -0.05) is 6.07 Å². The summed E-state index contributed by atoms with van der Waals surface area (Å²) in [5, 5.41) is 12.4. The number of pyridine rings is 1. The van der Waals surface area contributed by atoms with Gasteiger partial charge in [0.2, 0.25) is 0 Å². The van der Waals surface area contributed by atoms with Gasteiger partial charge in [-0.2, -0.15) is 5.10 Å². The number of aromatic amines is 2. The van der Waals surface area contributed by atoms with Gasteiger partial charge in [-0.25, -0.2) is 9.97 Å². The van der Waals surface area contributed by atoms with Crippen LogP contribution >= 0.6 is 0 Å². The third-order valence-corrected chi connectivity index (χ3v) is 6.69. The molecule has 0 atom stereocenters. The number of benzene rings is 1. The van der Waals surface area contributed by atoms with Gasteiger partial charge in [0.25, 0.3) is 0 Å². The smallest absolute Gasteiger partial charge is 0.180 e. The minimum absolute atomic E-state index is 0.612. The van der Waals surface area contributed by atoms with Crippen LogP contribution in [0.15, 0.2) is 30.5 Å². The molecule has 154 valence electrons. The first-order valence-electron chi connectivity index (χ1n) is 11.2. The molecule has 3 aromatic heterocycles. The zero-order valence-corrected chi connectivity index (χ0v) is 17.1. The van der Waals surface area contributed by atoms with Crippen molar-refractivity contribution in [2.75, 3.05) is 31.1 Å². The molecular weight excluding hydrogens is 374 g/mol. The number of hydrogen-bond donors (Lipinski definition) is 3. The highest BCUT2D eigenvalue weighted by atomic mass is 15.2. The largest absolute Gasteiger partial charge is 0.370 e. The number of aromatic nitrogens is 5. The van der Waals surface area contributed by atoms with Crippen LogP contribution in [0, 0.1) is 0 Å². The van der Waals surface area contributed by atoms with Crippen LogP contribution in [0.4, 0.5) is 5.69 Å². The number of fused-ring (bicyclic) bond motifs is 2. The van der Waals surface area contributed by atoms with Gasteiger partial charge >= 0.3 is 0 Å². The van der Waals surface area contributed by atoms with E-state index in [0.717, 1.165) is 59.8 Å². The Hall–Kier alpha value is -2.93. The highest BCUT2D eigenvalue weighted by Gasteiger charge is 2.20.